The van der Waals surface area contributed by atoms with Crippen LogP contribution in [-0.4, -0.2) is 9.97 Å². The number of hydrogen-bond donors (Lipinski definition) is 2. The molecular formula is C19H19FN4. The van der Waals surface area contributed by atoms with Crippen molar-refractivity contribution < 1.29 is 4.39 Å². The number of hydrogen-bond acceptors (Lipinski definition) is 4. The Morgan fingerprint density at radius 2 is 1.75 bits per heavy atom. The van der Waals surface area contributed by atoms with Crippen LogP contribution < -0.4 is 10.6 Å². The SMILES string of the molecule is Cc1cc(C)cc(Nc2nccc(NCc3ccccc3F)n2)c1. The van der Waals surface area contributed by atoms with E-state index in [1.54, 1.807) is 24.4 Å². The van der Waals surface area contributed by atoms with Crippen molar-refractivity contribution in [1.29, 1.82) is 0 Å². The monoisotopic (exact) mass is 322 g/mol. The molecule has 0 atom stereocenters. The summed E-state index contributed by atoms with van der Waals surface area (Å²) in [6, 6.07) is 14.6. The average Bonchev–Trinajstić information content (AvgIpc) is 2.53. The second kappa shape index (κ2) is 7.08. The molecule has 0 saturated heterocycles. The number of nitrogens with zero attached hydrogens (tertiary/aromatic N) is 2. The van der Waals surface area contributed by atoms with Crippen LogP contribution in [-0.2, 0) is 6.54 Å². The van der Waals surface area contributed by atoms with E-state index in [0.29, 0.717) is 23.9 Å². The predicted molar refractivity (Wildman–Crippen MR) is 95.0 cm³/mol. The largest absolute Gasteiger partial charge is 0.366 e. The summed E-state index contributed by atoms with van der Waals surface area (Å²) in [4.78, 5) is 8.65. The normalized spacial score (nSPS) is 10.5. The Kier molecular flexibility index (Phi) is 4.70. The lowest BCUT2D eigenvalue weighted by Gasteiger charge is -2.10. The standard InChI is InChI=1S/C19H19FN4/c1-13-9-14(2)11-16(10-13)23-19-21-8-7-18(24-19)22-12-15-5-3-4-6-17(15)20/h3-11H,12H2,1-2H3,(H2,21,22,23,24). The van der Waals surface area contributed by atoms with Gasteiger partial charge in [0.2, 0.25) is 5.95 Å². The van der Waals surface area contributed by atoms with Crippen LogP contribution in [0.5, 0.6) is 0 Å². The lowest BCUT2D eigenvalue weighted by molar-refractivity contribution is 0.613. The summed E-state index contributed by atoms with van der Waals surface area (Å²) in [6.07, 6.45) is 1.67. The number of nitrogens with one attached hydrogen (secondary N) is 2. The highest BCUT2D eigenvalue weighted by molar-refractivity contribution is 5.57. The third-order valence-electron chi connectivity index (χ3n) is 3.55. The first-order valence-corrected chi connectivity index (χ1v) is 7.76. The molecule has 0 aliphatic carbocycles. The third kappa shape index (κ3) is 4.07. The van der Waals surface area contributed by atoms with Crippen molar-refractivity contribution in [2.24, 2.45) is 0 Å². The van der Waals surface area contributed by atoms with E-state index in [0.717, 1.165) is 5.69 Å². The molecular weight excluding hydrogens is 303 g/mol. The van der Waals surface area contributed by atoms with E-state index in [2.05, 4.69) is 26.7 Å². The van der Waals surface area contributed by atoms with Gasteiger partial charge in [-0.1, -0.05) is 24.3 Å². The van der Waals surface area contributed by atoms with Crippen molar-refractivity contribution >= 4 is 17.5 Å². The van der Waals surface area contributed by atoms with Crippen LogP contribution in [0.3, 0.4) is 0 Å². The van der Waals surface area contributed by atoms with Gasteiger partial charge < -0.3 is 10.6 Å². The first-order chi connectivity index (χ1) is 11.6. The summed E-state index contributed by atoms with van der Waals surface area (Å²) in [5.41, 5.74) is 3.89. The van der Waals surface area contributed by atoms with Crippen molar-refractivity contribution in [3.63, 3.8) is 0 Å². The fraction of sp³-hybridized carbons (Fsp3) is 0.158. The number of rotatable bonds is 5. The Labute approximate surface area is 140 Å². The second-order valence-corrected chi connectivity index (χ2v) is 5.71. The fourth-order valence-electron chi connectivity index (χ4n) is 2.52. The molecule has 1 aromatic heterocycles. The Morgan fingerprint density at radius 3 is 2.50 bits per heavy atom. The maximum Gasteiger partial charge on any atom is 0.229 e. The van der Waals surface area contributed by atoms with Gasteiger partial charge in [-0.2, -0.15) is 4.98 Å². The molecule has 5 heteroatoms. The lowest BCUT2D eigenvalue weighted by atomic mass is 10.1. The van der Waals surface area contributed by atoms with Gasteiger partial charge in [-0.05, 0) is 49.2 Å². The van der Waals surface area contributed by atoms with Crippen LogP contribution in [0.25, 0.3) is 0 Å². The molecule has 24 heavy (non-hydrogen) atoms. The molecule has 0 radical (unpaired) electrons. The molecule has 0 saturated carbocycles. The summed E-state index contributed by atoms with van der Waals surface area (Å²) in [5, 5.41) is 6.32. The Bertz CT molecular complexity index is 828. The zero-order chi connectivity index (χ0) is 16.9. The van der Waals surface area contributed by atoms with Crippen molar-refractivity contribution in [2.45, 2.75) is 20.4 Å². The van der Waals surface area contributed by atoms with Crippen LogP contribution in [0.1, 0.15) is 16.7 Å². The van der Waals surface area contributed by atoms with E-state index in [1.165, 1.54) is 17.2 Å². The van der Waals surface area contributed by atoms with Gasteiger partial charge in [0.1, 0.15) is 11.6 Å². The first kappa shape index (κ1) is 15.9. The van der Waals surface area contributed by atoms with Crippen LogP contribution in [0, 0.1) is 19.7 Å². The lowest BCUT2D eigenvalue weighted by Crippen LogP contribution is -2.05. The Morgan fingerprint density at radius 1 is 1.00 bits per heavy atom. The van der Waals surface area contributed by atoms with Gasteiger partial charge in [0.05, 0.1) is 0 Å². The second-order valence-electron chi connectivity index (χ2n) is 5.71. The van der Waals surface area contributed by atoms with Gasteiger partial charge in [0.25, 0.3) is 0 Å². The summed E-state index contributed by atoms with van der Waals surface area (Å²) in [6.45, 7) is 4.46. The number of aromatic nitrogens is 2. The van der Waals surface area contributed by atoms with Crippen molar-refractivity contribution in [3.8, 4) is 0 Å². The van der Waals surface area contributed by atoms with Crippen LogP contribution >= 0.6 is 0 Å². The summed E-state index contributed by atoms with van der Waals surface area (Å²) in [7, 11) is 0. The minimum absolute atomic E-state index is 0.229. The average molecular weight is 322 g/mol. The minimum atomic E-state index is -0.229. The third-order valence-corrected chi connectivity index (χ3v) is 3.55. The van der Waals surface area contributed by atoms with Crippen molar-refractivity contribution in [2.75, 3.05) is 10.6 Å². The van der Waals surface area contributed by atoms with Gasteiger partial charge in [0.15, 0.2) is 0 Å². The molecule has 0 aliphatic rings. The van der Waals surface area contributed by atoms with E-state index < -0.39 is 0 Å². The summed E-state index contributed by atoms with van der Waals surface area (Å²) in [5.74, 6) is 0.909. The highest BCUT2D eigenvalue weighted by Crippen LogP contribution is 2.18. The maximum absolute atomic E-state index is 13.6. The Hall–Kier alpha value is -2.95. The molecule has 1 heterocycles. The van der Waals surface area contributed by atoms with Crippen LogP contribution in [0.15, 0.2) is 54.7 Å². The molecule has 0 unspecified atom stereocenters. The fourth-order valence-corrected chi connectivity index (χ4v) is 2.52. The summed E-state index contributed by atoms with van der Waals surface area (Å²) >= 11 is 0. The molecule has 0 amide bonds. The smallest absolute Gasteiger partial charge is 0.229 e. The quantitative estimate of drug-likeness (QED) is 0.721. The zero-order valence-corrected chi connectivity index (χ0v) is 13.7. The molecule has 3 aromatic rings. The maximum atomic E-state index is 13.6. The van der Waals surface area contributed by atoms with Crippen LogP contribution in [0.2, 0.25) is 0 Å². The van der Waals surface area contributed by atoms with E-state index in [1.807, 2.05) is 32.0 Å². The summed E-state index contributed by atoms with van der Waals surface area (Å²) < 4.78 is 13.6. The van der Waals surface area contributed by atoms with E-state index >= 15 is 0 Å². The van der Waals surface area contributed by atoms with Gasteiger partial charge >= 0.3 is 0 Å². The number of aryl methyl sites for hydroxylation is 2. The minimum Gasteiger partial charge on any atom is -0.366 e. The molecule has 0 bridgehead atoms. The molecule has 0 aliphatic heterocycles. The van der Waals surface area contributed by atoms with E-state index in [-0.39, 0.29) is 5.82 Å². The van der Waals surface area contributed by atoms with E-state index in [9.17, 15) is 4.39 Å². The highest BCUT2D eigenvalue weighted by atomic mass is 19.1. The van der Waals surface area contributed by atoms with Gasteiger partial charge in [0, 0.05) is 24.0 Å². The first-order valence-electron chi connectivity index (χ1n) is 7.76. The molecule has 4 nitrogen and oxygen atoms in total. The highest BCUT2D eigenvalue weighted by Gasteiger charge is 2.04. The molecule has 2 aromatic carbocycles. The van der Waals surface area contributed by atoms with Gasteiger partial charge in [-0.15, -0.1) is 0 Å². The molecule has 3 rings (SSSR count). The molecule has 0 spiro atoms. The van der Waals surface area contributed by atoms with E-state index in [4.69, 9.17) is 0 Å². The molecule has 2 N–H and O–H groups in total. The van der Waals surface area contributed by atoms with Crippen molar-refractivity contribution in [1.82, 2.24) is 9.97 Å². The molecule has 0 fully saturated rings. The number of halogens is 1. The Balaban J connectivity index is 1.71. The predicted octanol–water partition coefficient (Wildman–Crippen LogP) is 4.59. The van der Waals surface area contributed by atoms with Gasteiger partial charge in [-0.25, -0.2) is 9.37 Å². The topological polar surface area (TPSA) is 49.8 Å². The number of anilines is 3. The zero-order valence-electron chi connectivity index (χ0n) is 13.7. The van der Waals surface area contributed by atoms with Crippen molar-refractivity contribution in [3.05, 3.63) is 77.2 Å². The van der Waals surface area contributed by atoms with Gasteiger partial charge in [-0.3, -0.25) is 0 Å². The number of benzene rings is 2. The molecule has 122 valence electrons. The van der Waals surface area contributed by atoms with Crippen LogP contribution in [0.4, 0.5) is 21.8 Å².